The van der Waals surface area contributed by atoms with Gasteiger partial charge in [0.2, 0.25) is 5.91 Å². The topological polar surface area (TPSA) is 61.9 Å². The number of amides is 1. The molecule has 0 spiro atoms. The molecule has 31 heavy (non-hydrogen) atoms. The van der Waals surface area contributed by atoms with Gasteiger partial charge >= 0.3 is 0 Å². The van der Waals surface area contributed by atoms with E-state index in [0.717, 1.165) is 59.9 Å². The quantitative estimate of drug-likeness (QED) is 0.582. The molecule has 6 heteroatoms. The van der Waals surface area contributed by atoms with Crippen molar-refractivity contribution in [2.24, 2.45) is 0 Å². The third kappa shape index (κ3) is 3.53. The Morgan fingerprint density at radius 3 is 2.84 bits per heavy atom. The molecular weight excluding hydrogens is 404 g/mol. The molecule has 5 rings (SSSR count). The molecule has 1 fully saturated rings. The summed E-state index contributed by atoms with van der Waals surface area (Å²) in [5.74, 6) is 1.97. The van der Waals surface area contributed by atoms with E-state index in [4.69, 9.17) is 4.98 Å². The fourth-order valence-corrected chi connectivity index (χ4v) is 5.64. The van der Waals surface area contributed by atoms with Gasteiger partial charge < -0.3 is 9.47 Å². The maximum Gasteiger partial charge on any atom is 0.246 e. The summed E-state index contributed by atoms with van der Waals surface area (Å²) in [4.78, 5) is 19.5. The molecule has 1 atom stereocenters. The highest BCUT2D eigenvalue weighted by Gasteiger charge is 2.29. The second kappa shape index (κ2) is 8.24. The number of rotatable bonds is 3. The first-order chi connectivity index (χ1) is 15.2. The Balaban J connectivity index is 1.65. The Labute approximate surface area is 186 Å². The molecule has 0 bridgehead atoms. The molecule has 1 saturated heterocycles. The fraction of sp³-hybridized carbons (Fsp3) is 0.320. The predicted octanol–water partition coefficient (Wildman–Crippen LogP) is 4.34. The fourth-order valence-electron chi connectivity index (χ4n) is 4.73. The van der Waals surface area contributed by atoms with Gasteiger partial charge in [-0.1, -0.05) is 24.3 Å². The number of nitriles is 1. The summed E-state index contributed by atoms with van der Waals surface area (Å²) in [5.41, 5.74) is 5.72. The molecule has 3 heterocycles. The van der Waals surface area contributed by atoms with E-state index in [1.807, 2.05) is 41.8 Å². The van der Waals surface area contributed by atoms with Gasteiger partial charge in [-0.2, -0.15) is 17.0 Å². The van der Waals surface area contributed by atoms with Crippen molar-refractivity contribution in [3.05, 3.63) is 70.6 Å². The van der Waals surface area contributed by atoms with Gasteiger partial charge in [-0.15, -0.1) is 0 Å². The molecule has 0 N–H and O–H groups in total. The molecule has 1 aromatic carbocycles. The van der Waals surface area contributed by atoms with E-state index >= 15 is 0 Å². The van der Waals surface area contributed by atoms with Crippen molar-refractivity contribution in [3.8, 4) is 6.07 Å². The van der Waals surface area contributed by atoms with E-state index in [-0.39, 0.29) is 11.9 Å². The van der Waals surface area contributed by atoms with Crippen molar-refractivity contribution in [2.45, 2.75) is 25.8 Å². The second-order valence-electron chi connectivity index (χ2n) is 8.09. The lowest BCUT2D eigenvalue weighted by Crippen LogP contribution is -2.36. The predicted molar refractivity (Wildman–Crippen MR) is 125 cm³/mol. The highest BCUT2D eigenvalue weighted by Crippen LogP contribution is 2.39. The Kier molecular flexibility index (Phi) is 5.29. The molecule has 2 aromatic heterocycles. The van der Waals surface area contributed by atoms with Crippen LogP contribution in [0.1, 0.15) is 40.5 Å². The molecular formula is C25H24N4OS. The minimum absolute atomic E-state index is 0.0111. The first-order valence-corrected chi connectivity index (χ1v) is 11.9. The zero-order valence-electron chi connectivity index (χ0n) is 17.5. The molecule has 156 valence electrons. The van der Waals surface area contributed by atoms with Gasteiger partial charge in [-0.05, 0) is 49.1 Å². The summed E-state index contributed by atoms with van der Waals surface area (Å²) in [6.07, 6.45) is 5.43. The van der Waals surface area contributed by atoms with Crippen LogP contribution in [0.15, 0.2) is 42.5 Å². The monoisotopic (exact) mass is 428 g/mol. The molecule has 5 nitrogen and oxygen atoms in total. The van der Waals surface area contributed by atoms with Crippen molar-refractivity contribution in [1.29, 1.82) is 5.26 Å². The SMILES string of the molecule is Cc1ccc2c(C#N)c(C=CC(=O)N3CCSCC3)n(C3CCc4ccccc43)c2n1. The molecule has 1 unspecified atom stereocenters. The molecule has 1 amide bonds. The Hall–Kier alpha value is -3.04. The smallest absolute Gasteiger partial charge is 0.246 e. The highest BCUT2D eigenvalue weighted by molar-refractivity contribution is 7.99. The summed E-state index contributed by atoms with van der Waals surface area (Å²) in [6, 6.07) is 14.9. The first kappa shape index (κ1) is 19.9. The lowest BCUT2D eigenvalue weighted by molar-refractivity contribution is -0.125. The van der Waals surface area contributed by atoms with Crippen molar-refractivity contribution in [3.63, 3.8) is 0 Å². The minimum atomic E-state index is 0.0111. The van der Waals surface area contributed by atoms with Gasteiger partial charge in [-0.3, -0.25) is 4.79 Å². The number of carbonyl (C=O) groups excluding carboxylic acids is 1. The van der Waals surface area contributed by atoms with E-state index in [2.05, 4.69) is 34.9 Å². The van der Waals surface area contributed by atoms with Crippen LogP contribution in [0, 0.1) is 18.3 Å². The highest BCUT2D eigenvalue weighted by atomic mass is 32.2. The lowest BCUT2D eigenvalue weighted by atomic mass is 10.1. The van der Waals surface area contributed by atoms with E-state index in [1.165, 1.54) is 11.1 Å². The summed E-state index contributed by atoms with van der Waals surface area (Å²) in [6.45, 7) is 3.52. The minimum Gasteiger partial charge on any atom is -0.338 e. The second-order valence-corrected chi connectivity index (χ2v) is 9.31. The van der Waals surface area contributed by atoms with E-state index in [9.17, 15) is 10.1 Å². The maximum absolute atomic E-state index is 12.8. The number of nitrogens with zero attached hydrogens (tertiary/aromatic N) is 4. The summed E-state index contributed by atoms with van der Waals surface area (Å²) in [7, 11) is 0. The average molecular weight is 429 g/mol. The lowest BCUT2D eigenvalue weighted by Gasteiger charge is -2.25. The van der Waals surface area contributed by atoms with Crippen LogP contribution in [0.2, 0.25) is 0 Å². The van der Waals surface area contributed by atoms with Crippen LogP contribution in [0.3, 0.4) is 0 Å². The molecule has 2 aliphatic rings. The Bertz CT molecular complexity index is 1230. The van der Waals surface area contributed by atoms with Crippen molar-refractivity contribution < 1.29 is 4.79 Å². The van der Waals surface area contributed by atoms with Crippen LogP contribution in [0.25, 0.3) is 17.1 Å². The Morgan fingerprint density at radius 2 is 2.03 bits per heavy atom. The molecule has 0 radical (unpaired) electrons. The third-order valence-corrected chi connectivity index (χ3v) is 7.20. The number of aryl methyl sites for hydroxylation is 2. The number of benzene rings is 1. The van der Waals surface area contributed by atoms with Gasteiger partial charge in [0.25, 0.3) is 0 Å². The van der Waals surface area contributed by atoms with Gasteiger partial charge in [0.1, 0.15) is 11.7 Å². The third-order valence-electron chi connectivity index (χ3n) is 6.26. The number of aromatic nitrogens is 2. The normalized spacial score (nSPS) is 18.5. The van der Waals surface area contributed by atoms with E-state index in [1.54, 1.807) is 6.08 Å². The number of hydrogen-bond donors (Lipinski definition) is 0. The number of pyridine rings is 1. The van der Waals surface area contributed by atoms with E-state index in [0.29, 0.717) is 5.56 Å². The Morgan fingerprint density at radius 1 is 1.23 bits per heavy atom. The largest absolute Gasteiger partial charge is 0.338 e. The number of carbonyl (C=O) groups is 1. The summed E-state index contributed by atoms with van der Waals surface area (Å²) in [5, 5.41) is 10.9. The number of hydrogen-bond acceptors (Lipinski definition) is 4. The van der Waals surface area contributed by atoms with Crippen LogP contribution in [0.4, 0.5) is 0 Å². The standard InChI is InChI=1S/C25H24N4OS/c1-17-6-8-20-21(16-26)23(10-11-24(30)28-12-14-31-15-13-28)29(25(20)27-17)22-9-7-18-4-2-3-5-19(18)22/h2-6,8,10-11,22H,7,9,12-15H2,1H3. The number of thioether (sulfide) groups is 1. The van der Waals surface area contributed by atoms with Crippen molar-refractivity contribution >= 4 is 34.8 Å². The van der Waals surface area contributed by atoms with Crippen LogP contribution in [-0.4, -0.2) is 45.0 Å². The summed E-state index contributed by atoms with van der Waals surface area (Å²) >= 11 is 1.88. The maximum atomic E-state index is 12.8. The van der Waals surface area contributed by atoms with E-state index < -0.39 is 0 Å². The van der Waals surface area contributed by atoms with Crippen molar-refractivity contribution in [2.75, 3.05) is 24.6 Å². The number of fused-ring (bicyclic) bond motifs is 2. The van der Waals surface area contributed by atoms with Crippen LogP contribution < -0.4 is 0 Å². The average Bonchev–Trinajstić information content (AvgIpc) is 3.35. The van der Waals surface area contributed by atoms with Gasteiger partial charge in [0.15, 0.2) is 0 Å². The zero-order valence-corrected chi connectivity index (χ0v) is 18.4. The zero-order chi connectivity index (χ0) is 21.4. The molecule has 1 aliphatic heterocycles. The van der Waals surface area contributed by atoms with Gasteiger partial charge in [0, 0.05) is 41.8 Å². The van der Waals surface area contributed by atoms with Crippen LogP contribution >= 0.6 is 11.8 Å². The van der Waals surface area contributed by atoms with Gasteiger partial charge in [0.05, 0.1) is 17.3 Å². The van der Waals surface area contributed by atoms with Gasteiger partial charge in [-0.25, -0.2) is 4.98 Å². The summed E-state index contributed by atoms with van der Waals surface area (Å²) < 4.78 is 2.18. The van der Waals surface area contributed by atoms with Crippen molar-refractivity contribution in [1.82, 2.24) is 14.5 Å². The van der Waals surface area contributed by atoms with Crippen LogP contribution in [-0.2, 0) is 11.2 Å². The first-order valence-electron chi connectivity index (χ1n) is 10.7. The molecule has 0 saturated carbocycles. The molecule has 1 aliphatic carbocycles. The molecule has 3 aromatic rings. The van der Waals surface area contributed by atoms with Crippen LogP contribution in [0.5, 0.6) is 0 Å².